The molecule has 108 valence electrons. The van der Waals surface area contributed by atoms with Crippen molar-refractivity contribution in [3.8, 4) is 0 Å². The van der Waals surface area contributed by atoms with E-state index in [0.717, 1.165) is 15.8 Å². The van der Waals surface area contributed by atoms with Crippen molar-refractivity contribution in [3.63, 3.8) is 0 Å². The van der Waals surface area contributed by atoms with Crippen molar-refractivity contribution in [3.05, 3.63) is 22.5 Å². The molecule has 0 spiro atoms. The molecule has 0 aliphatic heterocycles. The number of aliphatic hydroxyl groups excluding tert-OH is 1. The van der Waals surface area contributed by atoms with Gasteiger partial charge >= 0.3 is 5.97 Å². The number of esters is 1. The van der Waals surface area contributed by atoms with Gasteiger partial charge in [0, 0.05) is 5.39 Å². The Balaban J connectivity index is 2.61. The van der Waals surface area contributed by atoms with Crippen molar-refractivity contribution < 1.29 is 14.6 Å². The molecule has 0 bridgehead atoms. The summed E-state index contributed by atoms with van der Waals surface area (Å²) in [6, 6.07) is 0. The Morgan fingerprint density at radius 2 is 2.00 bits per heavy atom. The summed E-state index contributed by atoms with van der Waals surface area (Å²) in [6.07, 6.45) is 0. The van der Waals surface area contributed by atoms with E-state index in [1.54, 1.807) is 6.92 Å². The topological polar surface area (TPSA) is 72.3 Å². The van der Waals surface area contributed by atoms with E-state index in [1.807, 2.05) is 27.7 Å². The van der Waals surface area contributed by atoms with Crippen LogP contribution in [0, 0.1) is 13.8 Å². The summed E-state index contributed by atoms with van der Waals surface area (Å²) in [5.41, 5.74) is 1.84. The molecule has 0 amide bonds. The van der Waals surface area contributed by atoms with Gasteiger partial charge in [0.25, 0.3) is 0 Å². The van der Waals surface area contributed by atoms with Crippen molar-refractivity contribution >= 4 is 27.7 Å². The number of nitrogens with zero attached hydrogens (tertiary/aromatic N) is 2. The summed E-state index contributed by atoms with van der Waals surface area (Å²) in [5, 5.41) is 10.1. The zero-order valence-electron chi connectivity index (χ0n) is 12.3. The number of fused-ring (bicyclic) bond motifs is 1. The van der Waals surface area contributed by atoms with E-state index in [2.05, 4.69) is 9.36 Å². The van der Waals surface area contributed by atoms with Crippen molar-refractivity contribution in [2.75, 3.05) is 0 Å². The Morgan fingerprint density at radius 3 is 2.55 bits per heavy atom. The van der Waals surface area contributed by atoms with Crippen LogP contribution < -0.4 is 0 Å². The van der Waals surface area contributed by atoms with E-state index in [0.29, 0.717) is 17.0 Å². The minimum atomic E-state index is -0.558. The van der Waals surface area contributed by atoms with Gasteiger partial charge in [-0.15, -0.1) is 0 Å². The lowest BCUT2D eigenvalue weighted by molar-refractivity contribution is 0.00677. The number of aliphatic hydroxyl groups is 1. The number of rotatable bonds is 2. The van der Waals surface area contributed by atoms with E-state index >= 15 is 0 Å². The molecule has 0 aromatic carbocycles. The molecule has 0 radical (unpaired) electrons. The first-order valence-corrected chi connectivity index (χ1v) is 7.11. The highest BCUT2D eigenvalue weighted by Crippen LogP contribution is 2.29. The smallest absolute Gasteiger partial charge is 0.340 e. The van der Waals surface area contributed by atoms with Gasteiger partial charge in [-0.1, -0.05) is 0 Å². The lowest BCUT2D eigenvalue weighted by Gasteiger charge is -2.21. The van der Waals surface area contributed by atoms with Crippen molar-refractivity contribution in [2.45, 2.75) is 46.8 Å². The van der Waals surface area contributed by atoms with Crippen LogP contribution in [0.3, 0.4) is 0 Å². The highest BCUT2D eigenvalue weighted by molar-refractivity contribution is 7.13. The first-order chi connectivity index (χ1) is 9.24. The molecule has 20 heavy (non-hydrogen) atoms. The van der Waals surface area contributed by atoms with E-state index < -0.39 is 11.6 Å². The summed E-state index contributed by atoms with van der Waals surface area (Å²) in [5.74, 6) is -0.392. The van der Waals surface area contributed by atoms with E-state index in [1.165, 1.54) is 11.5 Å². The molecule has 0 aliphatic rings. The zero-order chi connectivity index (χ0) is 15.1. The molecule has 5 nitrogen and oxygen atoms in total. The zero-order valence-corrected chi connectivity index (χ0v) is 13.1. The molecule has 2 heterocycles. The summed E-state index contributed by atoms with van der Waals surface area (Å²) in [7, 11) is 0. The van der Waals surface area contributed by atoms with Crippen LogP contribution in [0.5, 0.6) is 0 Å². The summed E-state index contributed by atoms with van der Waals surface area (Å²) < 4.78 is 9.59. The highest BCUT2D eigenvalue weighted by atomic mass is 32.1. The number of carbonyl (C=O) groups is 1. The van der Waals surface area contributed by atoms with Gasteiger partial charge in [-0.25, -0.2) is 9.78 Å². The second-order valence-electron chi connectivity index (χ2n) is 5.67. The lowest BCUT2D eigenvalue weighted by Crippen LogP contribution is -2.25. The van der Waals surface area contributed by atoms with Crippen molar-refractivity contribution in [1.82, 2.24) is 9.36 Å². The molecule has 2 aromatic rings. The third-order valence-corrected chi connectivity index (χ3v) is 3.66. The lowest BCUT2D eigenvalue weighted by atomic mass is 10.0. The summed E-state index contributed by atoms with van der Waals surface area (Å²) in [4.78, 5) is 17.5. The quantitative estimate of drug-likeness (QED) is 0.862. The minimum Gasteiger partial charge on any atom is -0.456 e. The second-order valence-corrected chi connectivity index (χ2v) is 6.42. The predicted octanol–water partition coefficient (Wildman–Crippen LogP) is 2.76. The van der Waals surface area contributed by atoms with Gasteiger partial charge in [0.05, 0.1) is 23.6 Å². The maximum absolute atomic E-state index is 12.3. The molecule has 6 heteroatoms. The largest absolute Gasteiger partial charge is 0.456 e. The molecule has 0 saturated carbocycles. The monoisotopic (exact) mass is 294 g/mol. The van der Waals surface area contributed by atoms with Crippen molar-refractivity contribution in [2.24, 2.45) is 0 Å². The van der Waals surface area contributed by atoms with Crippen LogP contribution in [-0.4, -0.2) is 26.0 Å². The van der Waals surface area contributed by atoms with Gasteiger partial charge in [0.2, 0.25) is 0 Å². The van der Waals surface area contributed by atoms with Crippen LogP contribution in [0.15, 0.2) is 0 Å². The van der Waals surface area contributed by atoms with Crippen LogP contribution in [0.25, 0.3) is 10.2 Å². The number of ether oxygens (including phenoxy) is 1. The van der Waals surface area contributed by atoms with Gasteiger partial charge in [0.1, 0.15) is 10.4 Å². The van der Waals surface area contributed by atoms with Gasteiger partial charge in [0.15, 0.2) is 0 Å². The predicted molar refractivity (Wildman–Crippen MR) is 78.0 cm³/mol. The van der Waals surface area contributed by atoms with E-state index in [-0.39, 0.29) is 6.61 Å². The number of pyridine rings is 1. The molecule has 0 fully saturated rings. The molecule has 0 saturated heterocycles. The normalized spacial score (nSPS) is 11.9. The van der Waals surface area contributed by atoms with Gasteiger partial charge < -0.3 is 9.84 Å². The highest BCUT2D eigenvalue weighted by Gasteiger charge is 2.24. The fraction of sp³-hybridized carbons (Fsp3) is 0.500. The van der Waals surface area contributed by atoms with Crippen LogP contribution in [0.4, 0.5) is 0 Å². The van der Waals surface area contributed by atoms with Gasteiger partial charge in [-0.05, 0) is 51.7 Å². The van der Waals surface area contributed by atoms with Crippen LogP contribution in [0.1, 0.15) is 48.1 Å². The van der Waals surface area contributed by atoms with Crippen LogP contribution in [-0.2, 0) is 11.3 Å². The average Bonchev–Trinajstić information content (AvgIpc) is 2.69. The van der Waals surface area contributed by atoms with E-state index in [4.69, 9.17) is 4.74 Å². The number of carbonyl (C=O) groups excluding carboxylic acids is 1. The summed E-state index contributed by atoms with van der Waals surface area (Å²) in [6.45, 7) is 8.93. The van der Waals surface area contributed by atoms with Gasteiger partial charge in [-0.2, -0.15) is 4.37 Å². The molecular weight excluding hydrogens is 276 g/mol. The number of aryl methyl sites for hydroxylation is 2. The molecule has 0 aliphatic carbocycles. The fourth-order valence-electron chi connectivity index (χ4n) is 2.11. The SMILES string of the molecule is Cc1nc2snc(CO)c2c(C)c1C(=O)OC(C)(C)C. The molecule has 2 rings (SSSR count). The van der Waals surface area contributed by atoms with Crippen LogP contribution in [0.2, 0.25) is 0 Å². The molecular formula is C14H18N2O3S. The Hall–Kier alpha value is -1.53. The second kappa shape index (κ2) is 5.10. The minimum absolute atomic E-state index is 0.167. The molecule has 2 aromatic heterocycles. The summed E-state index contributed by atoms with van der Waals surface area (Å²) >= 11 is 1.23. The Labute approximate surface area is 121 Å². The molecule has 0 atom stereocenters. The van der Waals surface area contributed by atoms with Gasteiger partial charge in [-0.3, -0.25) is 0 Å². The van der Waals surface area contributed by atoms with Crippen LogP contribution >= 0.6 is 11.5 Å². The molecule has 1 N–H and O–H groups in total. The third-order valence-electron chi connectivity index (χ3n) is 2.88. The average molecular weight is 294 g/mol. The first kappa shape index (κ1) is 14.9. The first-order valence-electron chi connectivity index (χ1n) is 6.34. The van der Waals surface area contributed by atoms with Crippen molar-refractivity contribution in [1.29, 1.82) is 0 Å². The number of hydrogen-bond donors (Lipinski definition) is 1. The Kier molecular flexibility index (Phi) is 3.80. The number of aromatic nitrogens is 2. The maximum atomic E-state index is 12.3. The fourth-order valence-corrected chi connectivity index (χ4v) is 2.99. The standard InChI is InChI=1S/C14H18N2O3S/c1-7-10(13(18)19-14(3,4)5)8(2)15-12-11(7)9(6-17)16-20-12/h17H,6H2,1-5H3. The Bertz CT molecular complexity index is 671. The Morgan fingerprint density at radius 1 is 1.35 bits per heavy atom. The molecule has 0 unspecified atom stereocenters. The number of hydrogen-bond acceptors (Lipinski definition) is 6. The maximum Gasteiger partial charge on any atom is 0.340 e. The van der Waals surface area contributed by atoms with E-state index in [9.17, 15) is 9.90 Å². The third kappa shape index (κ3) is 2.66.